The number of nitro benzene ring substituents is 1. The van der Waals surface area contributed by atoms with Crippen molar-refractivity contribution in [3.8, 4) is 5.75 Å². The summed E-state index contributed by atoms with van der Waals surface area (Å²) in [6, 6.07) is 8.44. The lowest BCUT2D eigenvalue weighted by Gasteiger charge is -2.20. The average Bonchev–Trinajstić information content (AvgIpc) is 2.69. The number of amides is 1. The number of nitrogens with one attached hydrogen (secondary N) is 1. The van der Waals surface area contributed by atoms with Gasteiger partial charge in [-0.25, -0.2) is 8.42 Å². The predicted octanol–water partition coefficient (Wildman–Crippen LogP) is 3.58. The van der Waals surface area contributed by atoms with Crippen LogP contribution in [0.3, 0.4) is 0 Å². The summed E-state index contributed by atoms with van der Waals surface area (Å²) in [6.45, 7) is 7.64. The van der Waals surface area contributed by atoms with Crippen molar-refractivity contribution in [2.75, 3.05) is 25.0 Å². The largest absolute Gasteiger partial charge is 0.492 e. The van der Waals surface area contributed by atoms with Gasteiger partial charge in [0.25, 0.3) is 11.6 Å². The summed E-state index contributed by atoms with van der Waals surface area (Å²) in [5.74, 6) is -0.304. The minimum Gasteiger partial charge on any atom is -0.492 e. The summed E-state index contributed by atoms with van der Waals surface area (Å²) in [6.07, 6.45) is 0. The lowest BCUT2D eigenvalue weighted by atomic mass is 10.1. The molecule has 1 amide bonds. The molecule has 0 spiro atoms. The van der Waals surface area contributed by atoms with E-state index >= 15 is 0 Å². The first-order chi connectivity index (χ1) is 14.2. The van der Waals surface area contributed by atoms with Crippen molar-refractivity contribution in [3.05, 3.63) is 57.6 Å². The molecule has 9 nitrogen and oxygen atoms in total. The van der Waals surface area contributed by atoms with E-state index in [1.165, 1.54) is 47.6 Å². The molecule has 0 aliphatic carbocycles. The molecule has 2 aromatic carbocycles. The number of ether oxygens (including phenoxy) is 1. The lowest BCUT2D eigenvalue weighted by Crippen LogP contribution is -2.30. The Morgan fingerprint density at radius 3 is 2.40 bits per heavy atom. The Balaban J connectivity index is 2.49. The molecule has 1 N–H and O–H groups in total. The van der Waals surface area contributed by atoms with Gasteiger partial charge in [0, 0.05) is 30.3 Å². The summed E-state index contributed by atoms with van der Waals surface area (Å²) in [7, 11) is -3.74. The molecule has 30 heavy (non-hydrogen) atoms. The van der Waals surface area contributed by atoms with Crippen molar-refractivity contribution >= 4 is 27.3 Å². The molecule has 0 bridgehead atoms. The van der Waals surface area contributed by atoms with E-state index in [-0.39, 0.29) is 27.4 Å². The number of carbonyl (C=O) groups is 1. The van der Waals surface area contributed by atoms with Gasteiger partial charge in [-0.15, -0.1) is 0 Å². The van der Waals surface area contributed by atoms with E-state index in [9.17, 15) is 23.3 Å². The van der Waals surface area contributed by atoms with Crippen LogP contribution >= 0.6 is 0 Å². The summed E-state index contributed by atoms with van der Waals surface area (Å²) < 4.78 is 32.5. The third-order valence-corrected chi connectivity index (χ3v) is 6.63. The van der Waals surface area contributed by atoms with Gasteiger partial charge in [0.2, 0.25) is 10.0 Å². The smallest absolute Gasteiger partial charge is 0.273 e. The van der Waals surface area contributed by atoms with Crippen LogP contribution in [-0.2, 0) is 10.0 Å². The van der Waals surface area contributed by atoms with E-state index in [2.05, 4.69) is 5.32 Å². The Morgan fingerprint density at radius 2 is 1.83 bits per heavy atom. The molecule has 2 aromatic rings. The van der Waals surface area contributed by atoms with Crippen molar-refractivity contribution in [3.63, 3.8) is 0 Å². The summed E-state index contributed by atoms with van der Waals surface area (Å²) in [5.41, 5.74) is 0.319. The third-order valence-electron chi connectivity index (χ3n) is 4.59. The van der Waals surface area contributed by atoms with Crippen LogP contribution in [0.15, 0.2) is 41.3 Å². The van der Waals surface area contributed by atoms with Gasteiger partial charge in [0.15, 0.2) is 0 Å². The highest BCUT2D eigenvalue weighted by Crippen LogP contribution is 2.30. The quantitative estimate of drug-likeness (QED) is 0.475. The predicted molar refractivity (Wildman–Crippen MR) is 114 cm³/mol. The highest BCUT2D eigenvalue weighted by molar-refractivity contribution is 7.89. The van der Waals surface area contributed by atoms with Crippen LogP contribution < -0.4 is 10.1 Å². The van der Waals surface area contributed by atoms with E-state index in [1.54, 1.807) is 20.8 Å². The molecule has 0 aliphatic rings. The molecule has 0 atom stereocenters. The maximum absolute atomic E-state index is 12.8. The summed E-state index contributed by atoms with van der Waals surface area (Å²) >= 11 is 0. The van der Waals surface area contributed by atoms with Crippen LogP contribution in [-0.4, -0.2) is 43.2 Å². The standard InChI is InChI=1S/C20H25N3O6S/c1-5-22(6-2)30(27,28)15-11-12-19(29-7-3)17(13-15)21-20(24)16-9-8-10-18(14(16)4)23(25)26/h8-13H,5-7H2,1-4H3,(H,21,24). The van der Waals surface area contributed by atoms with Gasteiger partial charge in [0.1, 0.15) is 5.75 Å². The topological polar surface area (TPSA) is 119 Å². The maximum atomic E-state index is 12.8. The molecule has 0 fully saturated rings. The van der Waals surface area contributed by atoms with Gasteiger partial charge in [-0.3, -0.25) is 14.9 Å². The molecule has 0 unspecified atom stereocenters. The molecule has 0 saturated carbocycles. The minimum atomic E-state index is -3.74. The molecular formula is C20H25N3O6S. The second-order valence-corrected chi connectivity index (χ2v) is 8.28. The molecule has 162 valence electrons. The Hall–Kier alpha value is -2.98. The molecule has 0 heterocycles. The van der Waals surface area contributed by atoms with Crippen LogP contribution in [0, 0.1) is 17.0 Å². The van der Waals surface area contributed by atoms with Gasteiger partial charge in [-0.2, -0.15) is 4.31 Å². The Kier molecular flexibility index (Phi) is 7.52. The van der Waals surface area contributed by atoms with E-state index in [0.717, 1.165) is 0 Å². The SMILES string of the molecule is CCOc1ccc(S(=O)(=O)N(CC)CC)cc1NC(=O)c1cccc([N+](=O)[O-])c1C. The number of anilines is 1. The van der Waals surface area contributed by atoms with Crippen molar-refractivity contribution < 1.29 is 22.9 Å². The van der Waals surface area contributed by atoms with Gasteiger partial charge >= 0.3 is 0 Å². The van der Waals surface area contributed by atoms with E-state index < -0.39 is 20.9 Å². The van der Waals surface area contributed by atoms with Crippen LogP contribution in [0.4, 0.5) is 11.4 Å². The minimum absolute atomic E-state index is 0.0146. The fourth-order valence-corrected chi connectivity index (χ4v) is 4.50. The van der Waals surface area contributed by atoms with Gasteiger partial charge < -0.3 is 10.1 Å². The van der Waals surface area contributed by atoms with E-state index in [0.29, 0.717) is 25.4 Å². The summed E-state index contributed by atoms with van der Waals surface area (Å²) in [4.78, 5) is 23.4. The van der Waals surface area contributed by atoms with E-state index in [1.807, 2.05) is 0 Å². The second kappa shape index (κ2) is 9.68. The summed E-state index contributed by atoms with van der Waals surface area (Å²) in [5, 5.41) is 13.8. The van der Waals surface area contributed by atoms with Gasteiger partial charge in [-0.1, -0.05) is 19.9 Å². The number of carbonyl (C=O) groups excluding carboxylic acids is 1. The fraction of sp³-hybridized carbons (Fsp3) is 0.350. The molecular weight excluding hydrogens is 410 g/mol. The maximum Gasteiger partial charge on any atom is 0.273 e. The zero-order valence-electron chi connectivity index (χ0n) is 17.3. The van der Waals surface area contributed by atoms with Gasteiger partial charge in [-0.05, 0) is 38.1 Å². The van der Waals surface area contributed by atoms with E-state index in [4.69, 9.17) is 4.74 Å². The lowest BCUT2D eigenvalue weighted by molar-refractivity contribution is -0.385. The Bertz CT molecular complexity index is 1050. The number of hydrogen-bond acceptors (Lipinski definition) is 6. The number of rotatable bonds is 9. The highest BCUT2D eigenvalue weighted by Gasteiger charge is 2.24. The molecule has 0 aromatic heterocycles. The number of nitrogens with zero attached hydrogens (tertiary/aromatic N) is 2. The molecule has 10 heteroatoms. The van der Waals surface area contributed by atoms with Crippen molar-refractivity contribution in [1.82, 2.24) is 4.31 Å². The first-order valence-electron chi connectivity index (χ1n) is 9.49. The first-order valence-corrected chi connectivity index (χ1v) is 10.9. The van der Waals surface area contributed by atoms with Crippen molar-refractivity contribution in [1.29, 1.82) is 0 Å². The fourth-order valence-electron chi connectivity index (χ4n) is 3.02. The Morgan fingerprint density at radius 1 is 1.17 bits per heavy atom. The van der Waals surface area contributed by atoms with Crippen LogP contribution in [0.1, 0.15) is 36.7 Å². The Labute approximate surface area is 175 Å². The second-order valence-electron chi connectivity index (χ2n) is 6.34. The molecule has 0 saturated heterocycles. The average molecular weight is 436 g/mol. The number of hydrogen-bond donors (Lipinski definition) is 1. The van der Waals surface area contributed by atoms with Crippen LogP contribution in [0.25, 0.3) is 0 Å². The number of benzene rings is 2. The van der Waals surface area contributed by atoms with Crippen LogP contribution in [0.5, 0.6) is 5.75 Å². The highest BCUT2D eigenvalue weighted by atomic mass is 32.2. The zero-order chi connectivity index (χ0) is 22.5. The first kappa shape index (κ1) is 23.3. The third kappa shape index (κ3) is 4.77. The van der Waals surface area contributed by atoms with Crippen molar-refractivity contribution in [2.24, 2.45) is 0 Å². The van der Waals surface area contributed by atoms with Gasteiger partial charge in [0.05, 0.1) is 22.1 Å². The normalized spacial score (nSPS) is 11.4. The molecule has 0 radical (unpaired) electrons. The monoisotopic (exact) mass is 435 g/mol. The molecule has 2 rings (SSSR count). The number of sulfonamides is 1. The molecule has 0 aliphatic heterocycles. The van der Waals surface area contributed by atoms with Crippen molar-refractivity contribution in [2.45, 2.75) is 32.6 Å². The zero-order valence-corrected chi connectivity index (χ0v) is 18.2. The van der Waals surface area contributed by atoms with Crippen LogP contribution in [0.2, 0.25) is 0 Å². The number of nitro groups is 1.